The van der Waals surface area contributed by atoms with Gasteiger partial charge < -0.3 is 9.47 Å². The summed E-state index contributed by atoms with van der Waals surface area (Å²) in [6.45, 7) is 0.812. The van der Waals surface area contributed by atoms with Crippen LogP contribution in [-0.2, 0) is 4.74 Å². The number of amides is 1. The summed E-state index contributed by atoms with van der Waals surface area (Å²) in [4.78, 5) is 26.4. The van der Waals surface area contributed by atoms with E-state index >= 15 is 0 Å². The molecule has 35 heavy (non-hydrogen) atoms. The molecule has 0 radical (unpaired) electrons. The molecule has 0 saturated carbocycles. The van der Waals surface area contributed by atoms with Crippen LogP contribution in [0.1, 0.15) is 15.9 Å². The number of carbonyl (C=O) groups excluding carboxylic acids is 2. The number of anilines is 1. The van der Waals surface area contributed by atoms with E-state index in [9.17, 15) is 9.59 Å². The number of benzene rings is 3. The predicted molar refractivity (Wildman–Crippen MR) is 134 cm³/mol. The average molecular weight is 466 g/mol. The van der Waals surface area contributed by atoms with Crippen molar-refractivity contribution in [2.75, 3.05) is 25.2 Å². The smallest absolute Gasteiger partial charge is 0.414 e. The summed E-state index contributed by atoms with van der Waals surface area (Å²) in [6, 6.07) is 24.4. The highest BCUT2D eigenvalue weighted by atomic mass is 16.6. The van der Waals surface area contributed by atoms with Crippen molar-refractivity contribution in [2.45, 2.75) is 0 Å². The molecular formula is C28H23N3O4. The molecule has 0 aliphatic carbocycles. The standard InChI is InChI=1S/C28H23N3O4/c1-34-25-13-10-20(11-14-25)27-22(19-31(29-27)23-7-3-2-4-8-23)12-15-26(32)21-6-5-9-24(18-21)30-16-17-35-28(30)33/h2-15,18-19H,16-17H2,1H3/b15-12+. The van der Waals surface area contributed by atoms with Crippen molar-refractivity contribution in [3.63, 3.8) is 0 Å². The lowest BCUT2D eigenvalue weighted by Gasteiger charge is -2.13. The molecule has 174 valence electrons. The molecule has 0 spiro atoms. The Morgan fingerprint density at radius 3 is 2.49 bits per heavy atom. The van der Waals surface area contributed by atoms with Gasteiger partial charge in [-0.25, -0.2) is 9.48 Å². The van der Waals surface area contributed by atoms with Crippen LogP contribution in [0.5, 0.6) is 5.75 Å². The van der Waals surface area contributed by atoms with Gasteiger partial charge in [0, 0.05) is 28.6 Å². The van der Waals surface area contributed by atoms with E-state index in [0.717, 1.165) is 28.3 Å². The van der Waals surface area contributed by atoms with Crippen molar-refractivity contribution in [1.82, 2.24) is 9.78 Å². The number of para-hydroxylation sites is 1. The van der Waals surface area contributed by atoms with Crippen molar-refractivity contribution in [3.8, 4) is 22.7 Å². The van der Waals surface area contributed by atoms with E-state index < -0.39 is 6.09 Å². The molecule has 1 aromatic heterocycles. The SMILES string of the molecule is COc1ccc(-c2nn(-c3ccccc3)cc2/C=C/C(=O)c2cccc(N3CCOC3=O)c2)cc1. The third-order valence-corrected chi connectivity index (χ3v) is 5.74. The van der Waals surface area contributed by atoms with Crippen LogP contribution in [0.3, 0.4) is 0 Å². The monoisotopic (exact) mass is 465 g/mol. The van der Waals surface area contributed by atoms with Gasteiger partial charge in [0.25, 0.3) is 0 Å². The quantitative estimate of drug-likeness (QED) is 0.270. The third kappa shape index (κ3) is 4.70. The van der Waals surface area contributed by atoms with E-state index in [1.165, 1.54) is 11.0 Å². The Hall–Kier alpha value is -4.65. The minimum atomic E-state index is -0.400. The normalized spacial score (nSPS) is 13.3. The first-order valence-electron chi connectivity index (χ1n) is 11.2. The zero-order valence-corrected chi connectivity index (χ0v) is 19.1. The Labute approximate surface area is 202 Å². The maximum Gasteiger partial charge on any atom is 0.414 e. The summed E-state index contributed by atoms with van der Waals surface area (Å²) in [5.74, 6) is 0.581. The topological polar surface area (TPSA) is 73.7 Å². The molecule has 7 nitrogen and oxygen atoms in total. The van der Waals surface area contributed by atoms with Gasteiger partial charge in [0.15, 0.2) is 5.78 Å². The highest BCUT2D eigenvalue weighted by Gasteiger charge is 2.24. The van der Waals surface area contributed by atoms with Crippen LogP contribution in [-0.4, -0.2) is 41.9 Å². The van der Waals surface area contributed by atoms with Crippen molar-refractivity contribution in [1.29, 1.82) is 0 Å². The second-order valence-corrected chi connectivity index (χ2v) is 7.96. The summed E-state index contributed by atoms with van der Waals surface area (Å²) in [7, 11) is 1.63. The van der Waals surface area contributed by atoms with Crippen molar-refractivity contribution >= 4 is 23.6 Å². The molecule has 1 saturated heterocycles. The maximum atomic E-state index is 13.0. The van der Waals surface area contributed by atoms with Gasteiger partial charge in [-0.3, -0.25) is 9.69 Å². The van der Waals surface area contributed by atoms with Crippen LogP contribution in [0.25, 0.3) is 23.0 Å². The van der Waals surface area contributed by atoms with E-state index in [1.807, 2.05) is 60.8 Å². The molecule has 5 rings (SSSR count). The number of methoxy groups -OCH3 is 1. The summed E-state index contributed by atoms with van der Waals surface area (Å²) >= 11 is 0. The van der Waals surface area contributed by atoms with Gasteiger partial charge in [0.1, 0.15) is 12.4 Å². The first kappa shape index (κ1) is 22.2. The van der Waals surface area contributed by atoms with Gasteiger partial charge in [-0.05, 0) is 60.7 Å². The highest BCUT2D eigenvalue weighted by Crippen LogP contribution is 2.27. The van der Waals surface area contributed by atoms with Crippen molar-refractivity contribution in [2.24, 2.45) is 0 Å². The Bertz CT molecular complexity index is 1390. The lowest BCUT2D eigenvalue weighted by Crippen LogP contribution is -2.23. The molecule has 3 aromatic carbocycles. The number of nitrogens with zero attached hydrogens (tertiary/aromatic N) is 3. The molecular weight excluding hydrogens is 442 g/mol. The summed E-state index contributed by atoms with van der Waals surface area (Å²) in [5, 5.41) is 4.79. The van der Waals surface area contributed by atoms with Gasteiger partial charge >= 0.3 is 6.09 Å². The number of aromatic nitrogens is 2. The molecule has 1 aliphatic heterocycles. The van der Waals surface area contributed by atoms with E-state index in [-0.39, 0.29) is 5.78 Å². The fourth-order valence-corrected chi connectivity index (χ4v) is 3.91. The van der Waals surface area contributed by atoms with Crippen LogP contribution in [0.4, 0.5) is 10.5 Å². The Morgan fingerprint density at radius 1 is 1.00 bits per heavy atom. The molecule has 4 aromatic rings. The number of ketones is 1. The molecule has 2 heterocycles. The van der Waals surface area contributed by atoms with Gasteiger partial charge in [0.05, 0.1) is 25.0 Å². The largest absolute Gasteiger partial charge is 0.497 e. The molecule has 0 bridgehead atoms. The summed E-state index contributed by atoms with van der Waals surface area (Å²) in [5.41, 5.74) is 4.49. The van der Waals surface area contributed by atoms with Crippen molar-refractivity contribution in [3.05, 3.63) is 102 Å². The number of rotatable bonds is 7. The fraction of sp³-hybridized carbons (Fsp3) is 0.107. The van der Waals surface area contributed by atoms with E-state index in [1.54, 1.807) is 42.1 Å². The van der Waals surface area contributed by atoms with Crippen LogP contribution < -0.4 is 9.64 Å². The number of cyclic esters (lactones) is 1. The lowest BCUT2D eigenvalue weighted by molar-refractivity contribution is 0.104. The first-order chi connectivity index (χ1) is 17.1. The second-order valence-electron chi connectivity index (χ2n) is 7.96. The van der Waals surface area contributed by atoms with E-state index in [0.29, 0.717) is 24.4 Å². The molecule has 1 amide bonds. The molecule has 1 fully saturated rings. The Morgan fingerprint density at radius 2 is 1.77 bits per heavy atom. The minimum absolute atomic E-state index is 0.174. The number of hydrogen-bond donors (Lipinski definition) is 0. The van der Waals surface area contributed by atoms with E-state index in [4.69, 9.17) is 14.6 Å². The molecule has 0 N–H and O–H groups in total. The summed E-state index contributed by atoms with van der Waals surface area (Å²) in [6.07, 6.45) is 4.80. The number of carbonyl (C=O) groups is 2. The zero-order valence-electron chi connectivity index (χ0n) is 19.1. The molecule has 7 heteroatoms. The maximum absolute atomic E-state index is 13.0. The Balaban J connectivity index is 1.46. The van der Waals surface area contributed by atoms with E-state index in [2.05, 4.69) is 0 Å². The van der Waals surface area contributed by atoms with Gasteiger partial charge in [-0.1, -0.05) is 30.3 Å². The van der Waals surface area contributed by atoms with Gasteiger partial charge in [-0.2, -0.15) is 5.10 Å². The Kier molecular flexibility index (Phi) is 6.13. The fourth-order valence-electron chi connectivity index (χ4n) is 3.91. The number of hydrogen-bond acceptors (Lipinski definition) is 5. The molecule has 0 unspecified atom stereocenters. The molecule has 1 aliphatic rings. The predicted octanol–water partition coefficient (Wildman–Crippen LogP) is 5.40. The summed E-state index contributed by atoms with van der Waals surface area (Å²) < 4.78 is 12.1. The van der Waals surface area contributed by atoms with Crippen LogP contribution in [0.2, 0.25) is 0 Å². The van der Waals surface area contributed by atoms with Crippen molar-refractivity contribution < 1.29 is 19.1 Å². The van der Waals surface area contributed by atoms with Gasteiger partial charge in [-0.15, -0.1) is 0 Å². The molecule has 0 atom stereocenters. The van der Waals surface area contributed by atoms with Crippen LogP contribution in [0, 0.1) is 0 Å². The first-order valence-corrected chi connectivity index (χ1v) is 11.2. The van der Waals surface area contributed by atoms with Crippen LogP contribution in [0.15, 0.2) is 91.1 Å². The highest BCUT2D eigenvalue weighted by molar-refractivity contribution is 6.08. The minimum Gasteiger partial charge on any atom is -0.497 e. The third-order valence-electron chi connectivity index (χ3n) is 5.74. The van der Waals surface area contributed by atoms with Gasteiger partial charge in [0.2, 0.25) is 0 Å². The average Bonchev–Trinajstić information content (AvgIpc) is 3.54. The van der Waals surface area contributed by atoms with Crippen LogP contribution >= 0.6 is 0 Å². The number of ether oxygens (including phenoxy) is 2. The second kappa shape index (κ2) is 9.69. The zero-order chi connectivity index (χ0) is 24.2. The lowest BCUT2D eigenvalue weighted by atomic mass is 10.1. The number of allylic oxidation sites excluding steroid dienone is 1.